The molecule has 0 radical (unpaired) electrons. The predicted molar refractivity (Wildman–Crippen MR) is 309 cm³/mol. The number of aliphatic hydroxyl groups is 6. The molecule has 0 spiro atoms. The highest BCUT2D eigenvalue weighted by Crippen LogP contribution is 2.44. The van der Waals surface area contributed by atoms with Crippen molar-refractivity contribution in [2.45, 2.75) is 270 Å². The molecule has 5 aliphatic rings. The van der Waals surface area contributed by atoms with Gasteiger partial charge in [-0.3, -0.25) is 0 Å². The van der Waals surface area contributed by atoms with Crippen LogP contribution in [0, 0.1) is 35.5 Å². The second-order valence-corrected chi connectivity index (χ2v) is 23.7. The van der Waals surface area contributed by atoms with Crippen LogP contribution in [0.1, 0.15) is 160 Å². The lowest BCUT2D eigenvalue weighted by Gasteiger charge is -2.49. The number of allylic oxidation sites excluding steroid dienone is 8. The smallest absolute Gasteiger partial charge is 0.331 e. The Hall–Kier alpha value is -3.18. The minimum absolute atomic E-state index is 0.0271. The number of hydrogen-bond acceptors (Lipinski definition) is 18. The Balaban J connectivity index is 1.39. The molecule has 0 aliphatic carbocycles. The summed E-state index contributed by atoms with van der Waals surface area (Å²) in [5, 5.41) is 66.3. The van der Waals surface area contributed by atoms with Gasteiger partial charge in [-0.05, 0) is 77.4 Å². The second-order valence-electron chi connectivity index (χ2n) is 23.7. The van der Waals surface area contributed by atoms with Gasteiger partial charge in [0.1, 0.15) is 24.4 Å². The van der Waals surface area contributed by atoms with Crippen molar-refractivity contribution in [2.24, 2.45) is 35.5 Å². The average molecular weight is 1160 g/mol. The third-order valence-electron chi connectivity index (χ3n) is 18.3. The number of carbonyl (C=O) groups is 2. The lowest BCUT2D eigenvalue weighted by molar-refractivity contribution is -0.337. The SMILES string of the molecule is CCC1=C/C=C/C(CC)C(C(C)C(O)CC2(OC)CC(OC3CC(O)C(O)C(C)O3)C(CC)C(C)O2)OC(=O)/C=C/C(CC)=C/C=C/C(CC)C(C(C)C(O)CC2(OC)CC(OC3CC(O)C(O)C(C)O3)C(CC)C(C)O2)OC(=O)/C=C\1. The maximum atomic E-state index is 14.0. The molecule has 18 heteroatoms. The van der Waals surface area contributed by atoms with Crippen LogP contribution in [0.15, 0.2) is 71.9 Å². The quantitative estimate of drug-likeness (QED) is 0.0627. The zero-order chi connectivity index (χ0) is 60.6. The van der Waals surface area contributed by atoms with E-state index in [4.69, 9.17) is 47.4 Å². The standard InChI is InChI=1S/C64H104O18/c1-15-43-23-21-25-45(17-3)61(37(7)51(67)33-63(73-13)35-53(47(19-5)39(9)81-63)77-57-31-49(65)59(71)41(11)75-57)80-56(70)30-28-44(16-2)24-22-26-46(18-4)62(79-55(69)29-27-43)38(8)52(68)34-64(74-14)36-54(48(20-6)40(10)82-64)78-58-32-50(66)60(72)42(12)76-58/h21-30,37-42,45-54,57-62,65-68,71-72H,15-20,31-36H2,1-14H3/b25-21+,26-22+,29-27-,30-28+,43-23-,44-24+. The van der Waals surface area contributed by atoms with Gasteiger partial charge in [0.25, 0.3) is 0 Å². The summed E-state index contributed by atoms with van der Waals surface area (Å²) < 4.78 is 63.3. The van der Waals surface area contributed by atoms with Crippen LogP contribution in [0.2, 0.25) is 0 Å². The van der Waals surface area contributed by atoms with Gasteiger partial charge >= 0.3 is 11.9 Å². The Morgan fingerprint density at radius 1 is 0.561 bits per heavy atom. The first-order valence-electron chi connectivity index (χ1n) is 30.6. The van der Waals surface area contributed by atoms with Crippen molar-refractivity contribution < 1.29 is 87.6 Å². The first kappa shape index (κ1) is 69.6. The number of hydrogen-bond donors (Lipinski definition) is 6. The summed E-state index contributed by atoms with van der Waals surface area (Å²) in [5.41, 5.74) is 1.63. The summed E-state index contributed by atoms with van der Waals surface area (Å²) in [5.74, 6) is -5.81. The van der Waals surface area contributed by atoms with Crippen molar-refractivity contribution >= 4 is 11.9 Å². The molecular weight excluding hydrogens is 1060 g/mol. The van der Waals surface area contributed by atoms with Crippen LogP contribution >= 0.6 is 0 Å². The summed E-state index contributed by atoms with van der Waals surface area (Å²) in [6.07, 6.45) is 9.96. The third-order valence-corrected chi connectivity index (χ3v) is 18.3. The minimum Gasteiger partial charge on any atom is -0.458 e. The fraction of sp³-hybridized carbons (Fsp3) is 0.781. The maximum absolute atomic E-state index is 14.0. The fourth-order valence-corrected chi connectivity index (χ4v) is 12.8. The van der Waals surface area contributed by atoms with Gasteiger partial charge in [0.05, 0.1) is 61.0 Å². The third kappa shape index (κ3) is 18.4. The monoisotopic (exact) mass is 1160 g/mol. The van der Waals surface area contributed by atoms with E-state index in [0.717, 1.165) is 24.0 Å². The topological polar surface area (TPSA) is 248 Å². The molecule has 0 aromatic rings. The van der Waals surface area contributed by atoms with Gasteiger partial charge < -0.3 is 78.0 Å². The first-order valence-corrected chi connectivity index (χ1v) is 30.6. The molecule has 0 aromatic carbocycles. The van der Waals surface area contributed by atoms with Gasteiger partial charge in [-0.25, -0.2) is 9.59 Å². The van der Waals surface area contributed by atoms with E-state index in [9.17, 15) is 40.2 Å². The molecule has 6 N–H and O–H groups in total. The van der Waals surface area contributed by atoms with E-state index in [2.05, 4.69) is 0 Å². The Morgan fingerprint density at radius 2 is 0.927 bits per heavy atom. The largest absolute Gasteiger partial charge is 0.458 e. The molecule has 0 bridgehead atoms. The lowest BCUT2D eigenvalue weighted by Crippen LogP contribution is -2.56. The van der Waals surface area contributed by atoms with E-state index in [-0.39, 0.29) is 74.4 Å². The van der Waals surface area contributed by atoms with Crippen LogP contribution in [-0.4, -0.2) is 166 Å². The number of carbonyl (C=O) groups excluding carboxylic acids is 2. The highest BCUT2D eigenvalue weighted by atomic mass is 16.7. The number of ether oxygens (including phenoxy) is 10. The van der Waals surface area contributed by atoms with Crippen molar-refractivity contribution in [3.05, 3.63) is 71.9 Å². The molecule has 0 amide bonds. The second kappa shape index (κ2) is 32.5. The molecule has 0 saturated carbocycles. The molecule has 82 heavy (non-hydrogen) atoms. The number of rotatable bonds is 20. The fourth-order valence-electron chi connectivity index (χ4n) is 12.8. The van der Waals surface area contributed by atoms with Crippen LogP contribution in [-0.2, 0) is 57.0 Å². The van der Waals surface area contributed by atoms with Crippen molar-refractivity contribution in [3.63, 3.8) is 0 Å². The summed E-state index contributed by atoms with van der Waals surface area (Å²) >= 11 is 0. The lowest BCUT2D eigenvalue weighted by atomic mass is 9.80. The Labute approximate surface area is 489 Å². The summed E-state index contributed by atoms with van der Waals surface area (Å²) in [7, 11) is 3.08. The Morgan fingerprint density at radius 3 is 1.23 bits per heavy atom. The zero-order valence-electron chi connectivity index (χ0n) is 51.5. The Bertz CT molecular complexity index is 1990. The molecular formula is C64H104O18. The van der Waals surface area contributed by atoms with Crippen molar-refractivity contribution in [3.8, 4) is 0 Å². The summed E-state index contributed by atoms with van der Waals surface area (Å²) in [4.78, 5) is 28.0. The maximum Gasteiger partial charge on any atom is 0.331 e. The van der Waals surface area contributed by atoms with Gasteiger partial charge in [-0.15, -0.1) is 0 Å². The highest BCUT2D eigenvalue weighted by molar-refractivity contribution is 5.83. The van der Waals surface area contributed by atoms with E-state index in [1.54, 1.807) is 26.0 Å². The molecule has 24 atom stereocenters. The number of esters is 2. The molecule has 5 heterocycles. The van der Waals surface area contributed by atoms with Crippen LogP contribution in [0.25, 0.3) is 0 Å². The van der Waals surface area contributed by atoms with Crippen molar-refractivity contribution in [2.75, 3.05) is 14.2 Å². The zero-order valence-corrected chi connectivity index (χ0v) is 51.5. The molecule has 4 saturated heterocycles. The van der Waals surface area contributed by atoms with E-state index < -0.39 is 121 Å². The molecule has 5 rings (SSSR count). The molecule has 5 aliphatic heterocycles. The van der Waals surface area contributed by atoms with Crippen LogP contribution in [0.4, 0.5) is 0 Å². The Kier molecular flexibility index (Phi) is 27.6. The predicted octanol–water partition coefficient (Wildman–Crippen LogP) is 8.39. The molecule has 0 aromatic heterocycles. The van der Waals surface area contributed by atoms with Crippen molar-refractivity contribution in [1.82, 2.24) is 0 Å². The number of cyclic esters (lactones) is 2. The average Bonchev–Trinajstić information content (AvgIpc) is 2.83. The normalized spacial score (nSPS) is 42.8. The van der Waals surface area contributed by atoms with Crippen LogP contribution in [0.3, 0.4) is 0 Å². The molecule has 24 unspecified atom stereocenters. The van der Waals surface area contributed by atoms with E-state index in [1.807, 2.05) is 106 Å². The van der Waals surface area contributed by atoms with Gasteiger partial charge in [0.2, 0.25) is 0 Å². The summed E-state index contributed by atoms with van der Waals surface area (Å²) in [6, 6.07) is 0. The van der Waals surface area contributed by atoms with Crippen LogP contribution in [0.5, 0.6) is 0 Å². The van der Waals surface area contributed by atoms with E-state index in [1.165, 1.54) is 26.4 Å². The van der Waals surface area contributed by atoms with Gasteiger partial charge in [0, 0.05) is 100 Å². The van der Waals surface area contributed by atoms with E-state index >= 15 is 0 Å². The minimum atomic E-state index is -1.29. The van der Waals surface area contributed by atoms with Gasteiger partial charge in [0.15, 0.2) is 24.2 Å². The summed E-state index contributed by atoms with van der Waals surface area (Å²) in [6.45, 7) is 23.0. The highest BCUT2D eigenvalue weighted by Gasteiger charge is 2.52. The van der Waals surface area contributed by atoms with E-state index in [0.29, 0.717) is 25.7 Å². The van der Waals surface area contributed by atoms with Gasteiger partial charge in [-0.1, -0.05) is 104 Å². The first-order chi connectivity index (χ1) is 38.9. The molecule has 4 fully saturated rings. The van der Waals surface area contributed by atoms with Gasteiger partial charge in [-0.2, -0.15) is 0 Å². The van der Waals surface area contributed by atoms with Crippen molar-refractivity contribution in [1.29, 1.82) is 0 Å². The van der Waals surface area contributed by atoms with Crippen LogP contribution < -0.4 is 0 Å². The number of methoxy groups -OCH3 is 2. The number of aliphatic hydroxyl groups excluding tert-OH is 6. The molecule has 468 valence electrons. The molecule has 18 nitrogen and oxygen atoms in total.